The average molecular weight is 318 g/mol. The van der Waals surface area contributed by atoms with Crippen LogP contribution in [0.2, 0.25) is 0 Å². The summed E-state index contributed by atoms with van der Waals surface area (Å²) in [6.07, 6.45) is 1.02. The second-order valence-electron chi connectivity index (χ2n) is 6.80. The van der Waals surface area contributed by atoms with Crippen LogP contribution < -0.4 is 11.1 Å². The van der Waals surface area contributed by atoms with Crippen molar-refractivity contribution in [2.45, 2.75) is 13.3 Å². The van der Waals surface area contributed by atoms with Gasteiger partial charge in [0, 0.05) is 31.9 Å². The Morgan fingerprint density at radius 1 is 1.39 bits per heavy atom. The lowest BCUT2D eigenvalue weighted by Gasteiger charge is -2.22. The molecule has 0 saturated carbocycles. The Morgan fingerprint density at radius 2 is 2.13 bits per heavy atom. The van der Waals surface area contributed by atoms with E-state index in [1.807, 2.05) is 0 Å². The van der Waals surface area contributed by atoms with Gasteiger partial charge in [-0.1, -0.05) is 13.0 Å². The minimum Gasteiger partial charge on any atom is -0.345 e. The summed E-state index contributed by atoms with van der Waals surface area (Å²) in [7, 11) is 3.41. The number of rotatable bonds is 5. The lowest BCUT2D eigenvalue weighted by Crippen LogP contribution is -2.35. The Hall–Kier alpha value is -1.92. The predicted octanol–water partition coefficient (Wildman–Crippen LogP) is 0.998. The van der Waals surface area contributed by atoms with Gasteiger partial charge in [0.05, 0.1) is 6.54 Å². The normalized spacial score (nSPS) is 21.2. The monoisotopic (exact) mass is 318 g/mol. The van der Waals surface area contributed by atoms with Crippen molar-refractivity contribution in [1.82, 2.24) is 9.80 Å². The number of carbonyl (C=O) groups excluding carboxylic acids is 2. The minimum atomic E-state index is -0.0839. The number of anilines is 1. The number of hydrogen-bond acceptors (Lipinski definition) is 4. The molecule has 2 rings (SSSR count). The Bertz CT molecular complexity index is 588. The lowest BCUT2D eigenvalue weighted by molar-refractivity contribution is -0.117. The number of carbonyl (C=O) groups is 2. The molecule has 1 fully saturated rings. The molecule has 1 aromatic carbocycles. The molecule has 3 N–H and O–H groups in total. The molecule has 1 aliphatic rings. The number of nitrogens with zero attached hydrogens (tertiary/aromatic N) is 2. The third kappa shape index (κ3) is 4.53. The van der Waals surface area contributed by atoms with Gasteiger partial charge < -0.3 is 16.0 Å². The van der Waals surface area contributed by atoms with E-state index in [-0.39, 0.29) is 17.2 Å². The number of amides is 2. The summed E-state index contributed by atoms with van der Waals surface area (Å²) in [5, 5.41) is 2.87. The second kappa shape index (κ2) is 7.10. The van der Waals surface area contributed by atoms with Gasteiger partial charge in [0.1, 0.15) is 0 Å². The van der Waals surface area contributed by atoms with Crippen molar-refractivity contribution in [3.05, 3.63) is 29.8 Å². The molecule has 1 atom stereocenters. The van der Waals surface area contributed by atoms with E-state index >= 15 is 0 Å². The quantitative estimate of drug-likeness (QED) is 0.849. The molecule has 1 aliphatic heterocycles. The van der Waals surface area contributed by atoms with Crippen LogP contribution in [0, 0.1) is 5.41 Å². The van der Waals surface area contributed by atoms with Crippen molar-refractivity contribution < 1.29 is 9.59 Å². The van der Waals surface area contributed by atoms with Crippen molar-refractivity contribution in [1.29, 1.82) is 0 Å². The van der Waals surface area contributed by atoms with Gasteiger partial charge in [0.2, 0.25) is 5.91 Å². The third-order valence-electron chi connectivity index (χ3n) is 4.30. The van der Waals surface area contributed by atoms with E-state index in [9.17, 15) is 9.59 Å². The summed E-state index contributed by atoms with van der Waals surface area (Å²) in [5.74, 6) is -0.153. The fourth-order valence-corrected chi connectivity index (χ4v) is 2.82. The summed E-state index contributed by atoms with van der Waals surface area (Å²) < 4.78 is 0. The maximum absolute atomic E-state index is 12.2. The van der Waals surface area contributed by atoms with Gasteiger partial charge in [0.25, 0.3) is 5.91 Å². The van der Waals surface area contributed by atoms with Crippen molar-refractivity contribution in [3.8, 4) is 0 Å². The van der Waals surface area contributed by atoms with E-state index in [1.54, 1.807) is 38.4 Å². The molecule has 1 saturated heterocycles. The molecule has 0 bridgehead atoms. The first-order valence-electron chi connectivity index (χ1n) is 7.87. The summed E-state index contributed by atoms with van der Waals surface area (Å²) in [4.78, 5) is 27.8. The number of hydrogen-bond donors (Lipinski definition) is 2. The predicted molar refractivity (Wildman–Crippen MR) is 91.3 cm³/mol. The SMILES string of the molecule is CN(C)C(=O)c1cccc(NC(=O)CN2CCC(C)(CN)C2)c1. The van der Waals surface area contributed by atoms with Crippen LogP contribution >= 0.6 is 0 Å². The van der Waals surface area contributed by atoms with Gasteiger partial charge in [-0.2, -0.15) is 0 Å². The molecule has 6 heteroatoms. The van der Waals surface area contributed by atoms with E-state index < -0.39 is 0 Å². The van der Waals surface area contributed by atoms with Gasteiger partial charge in [-0.3, -0.25) is 14.5 Å². The molecule has 1 aromatic rings. The molecule has 0 radical (unpaired) electrons. The largest absolute Gasteiger partial charge is 0.345 e. The summed E-state index contributed by atoms with van der Waals surface area (Å²) in [6, 6.07) is 7.01. The molecule has 1 heterocycles. The highest BCUT2D eigenvalue weighted by atomic mass is 16.2. The van der Waals surface area contributed by atoms with Gasteiger partial charge in [-0.05, 0) is 43.1 Å². The first kappa shape index (κ1) is 17.4. The van der Waals surface area contributed by atoms with Gasteiger partial charge >= 0.3 is 0 Å². The first-order chi connectivity index (χ1) is 10.8. The topological polar surface area (TPSA) is 78.7 Å². The van der Waals surface area contributed by atoms with Crippen LogP contribution in [0.3, 0.4) is 0 Å². The molecule has 23 heavy (non-hydrogen) atoms. The summed E-state index contributed by atoms with van der Waals surface area (Å²) in [6.45, 7) is 4.87. The summed E-state index contributed by atoms with van der Waals surface area (Å²) in [5.41, 5.74) is 7.10. The molecule has 126 valence electrons. The smallest absolute Gasteiger partial charge is 0.253 e. The average Bonchev–Trinajstić information content (AvgIpc) is 2.88. The molecule has 0 spiro atoms. The van der Waals surface area contributed by atoms with Crippen LogP contribution in [-0.4, -0.2) is 61.9 Å². The molecule has 2 amide bonds. The van der Waals surface area contributed by atoms with Crippen molar-refractivity contribution in [2.75, 3.05) is 45.6 Å². The van der Waals surface area contributed by atoms with Crippen LogP contribution in [-0.2, 0) is 4.79 Å². The van der Waals surface area contributed by atoms with E-state index in [4.69, 9.17) is 5.73 Å². The van der Waals surface area contributed by atoms with Crippen LogP contribution in [0.25, 0.3) is 0 Å². The van der Waals surface area contributed by atoms with Crippen LogP contribution in [0.5, 0.6) is 0 Å². The fraction of sp³-hybridized carbons (Fsp3) is 0.529. The minimum absolute atomic E-state index is 0.0688. The second-order valence-corrected chi connectivity index (χ2v) is 6.80. The van der Waals surface area contributed by atoms with Crippen LogP contribution in [0.4, 0.5) is 5.69 Å². The maximum Gasteiger partial charge on any atom is 0.253 e. The highest BCUT2D eigenvalue weighted by molar-refractivity contribution is 5.97. The molecular formula is C17H26N4O2. The highest BCUT2D eigenvalue weighted by Crippen LogP contribution is 2.28. The van der Waals surface area contributed by atoms with E-state index in [0.717, 1.165) is 19.5 Å². The van der Waals surface area contributed by atoms with E-state index in [2.05, 4.69) is 17.1 Å². The zero-order valence-electron chi connectivity index (χ0n) is 14.1. The molecule has 1 unspecified atom stereocenters. The van der Waals surface area contributed by atoms with Crippen LogP contribution in [0.1, 0.15) is 23.7 Å². The van der Waals surface area contributed by atoms with Crippen molar-refractivity contribution in [2.24, 2.45) is 11.1 Å². The Kier molecular flexibility index (Phi) is 5.38. The number of nitrogens with two attached hydrogens (primary N) is 1. The summed E-state index contributed by atoms with van der Waals surface area (Å²) >= 11 is 0. The van der Waals surface area contributed by atoms with E-state index in [0.29, 0.717) is 24.3 Å². The van der Waals surface area contributed by atoms with Crippen LogP contribution in [0.15, 0.2) is 24.3 Å². The zero-order valence-corrected chi connectivity index (χ0v) is 14.1. The zero-order chi connectivity index (χ0) is 17.0. The molecule has 0 aliphatic carbocycles. The fourth-order valence-electron chi connectivity index (χ4n) is 2.82. The lowest BCUT2D eigenvalue weighted by atomic mass is 9.90. The standard InChI is InChI=1S/C17H26N4O2/c1-17(11-18)7-8-21(12-17)10-15(22)19-14-6-4-5-13(9-14)16(23)20(2)3/h4-6,9H,7-8,10-12,18H2,1-3H3,(H,19,22). The van der Waals surface area contributed by atoms with Gasteiger partial charge in [-0.25, -0.2) is 0 Å². The highest BCUT2D eigenvalue weighted by Gasteiger charge is 2.33. The maximum atomic E-state index is 12.2. The van der Waals surface area contributed by atoms with Crippen molar-refractivity contribution in [3.63, 3.8) is 0 Å². The number of nitrogens with one attached hydrogen (secondary N) is 1. The molecule has 6 nitrogen and oxygen atoms in total. The number of likely N-dealkylation sites (tertiary alicyclic amines) is 1. The Balaban J connectivity index is 1.93. The third-order valence-corrected chi connectivity index (χ3v) is 4.30. The Morgan fingerprint density at radius 3 is 2.74 bits per heavy atom. The Labute approximate surface area is 137 Å². The molecule has 0 aromatic heterocycles. The first-order valence-corrected chi connectivity index (χ1v) is 7.87. The van der Waals surface area contributed by atoms with Gasteiger partial charge in [-0.15, -0.1) is 0 Å². The van der Waals surface area contributed by atoms with Crippen molar-refractivity contribution >= 4 is 17.5 Å². The molecular weight excluding hydrogens is 292 g/mol. The van der Waals surface area contributed by atoms with Gasteiger partial charge in [0.15, 0.2) is 0 Å². The number of benzene rings is 1. The van der Waals surface area contributed by atoms with E-state index in [1.165, 1.54) is 4.90 Å².